The number of anilines is 1. The van der Waals surface area contributed by atoms with Crippen LogP contribution in [0.3, 0.4) is 0 Å². The first-order valence-corrected chi connectivity index (χ1v) is 10.6. The Morgan fingerprint density at radius 3 is 2.40 bits per heavy atom. The second-order valence-corrected chi connectivity index (χ2v) is 8.33. The number of nitrogens with zero attached hydrogens (tertiary/aromatic N) is 2. The number of ether oxygens (including phenoxy) is 2. The van der Waals surface area contributed by atoms with E-state index in [2.05, 4.69) is 5.32 Å². The van der Waals surface area contributed by atoms with Crippen LogP contribution >= 0.6 is 0 Å². The standard InChI is InChI=1S/C22H29N3O5/c1-29-17-5-6-19(30-2)18(12-17)25-13-15(11-20(25)26)21(27)23-16-7-9-24(10-8-16)22(28)14-3-4-14/h5-6,12,14-16H,3-4,7-11,13H2,1-2H3,(H,23,27). The van der Waals surface area contributed by atoms with Crippen LogP contribution in [-0.2, 0) is 14.4 Å². The largest absolute Gasteiger partial charge is 0.497 e. The maximum absolute atomic E-state index is 12.8. The van der Waals surface area contributed by atoms with Crippen molar-refractivity contribution < 1.29 is 23.9 Å². The van der Waals surface area contributed by atoms with Crippen LogP contribution in [0.25, 0.3) is 0 Å². The van der Waals surface area contributed by atoms with E-state index in [1.54, 1.807) is 37.3 Å². The molecule has 1 unspecified atom stereocenters. The van der Waals surface area contributed by atoms with Crippen LogP contribution in [0, 0.1) is 11.8 Å². The predicted molar refractivity (Wildman–Crippen MR) is 110 cm³/mol. The van der Waals surface area contributed by atoms with E-state index in [9.17, 15) is 14.4 Å². The first-order chi connectivity index (χ1) is 14.5. The van der Waals surface area contributed by atoms with Gasteiger partial charge in [-0.1, -0.05) is 0 Å². The molecule has 2 saturated heterocycles. The highest BCUT2D eigenvalue weighted by Crippen LogP contribution is 2.36. The zero-order chi connectivity index (χ0) is 21.3. The Hall–Kier alpha value is -2.77. The van der Waals surface area contributed by atoms with Crippen molar-refractivity contribution >= 4 is 23.4 Å². The lowest BCUT2D eigenvalue weighted by atomic mass is 10.0. The number of nitrogens with one attached hydrogen (secondary N) is 1. The Bertz CT molecular complexity index is 830. The number of methoxy groups -OCH3 is 2. The first kappa shape index (κ1) is 20.5. The van der Waals surface area contributed by atoms with Gasteiger partial charge in [-0.25, -0.2) is 0 Å². The van der Waals surface area contributed by atoms with Gasteiger partial charge in [-0.15, -0.1) is 0 Å². The summed E-state index contributed by atoms with van der Waals surface area (Å²) in [5.74, 6) is 1.09. The molecule has 1 aromatic carbocycles. The lowest BCUT2D eigenvalue weighted by molar-refractivity contribution is -0.134. The molecule has 162 valence electrons. The monoisotopic (exact) mass is 415 g/mol. The number of amides is 3. The van der Waals surface area contributed by atoms with E-state index < -0.39 is 5.92 Å². The van der Waals surface area contributed by atoms with Gasteiger partial charge >= 0.3 is 0 Å². The van der Waals surface area contributed by atoms with Crippen molar-refractivity contribution in [3.05, 3.63) is 18.2 Å². The summed E-state index contributed by atoms with van der Waals surface area (Å²) >= 11 is 0. The molecule has 2 heterocycles. The topological polar surface area (TPSA) is 88.2 Å². The first-order valence-electron chi connectivity index (χ1n) is 10.6. The van der Waals surface area contributed by atoms with E-state index in [0.717, 1.165) is 25.7 Å². The molecular formula is C22H29N3O5. The van der Waals surface area contributed by atoms with Gasteiger partial charge in [0.25, 0.3) is 0 Å². The molecule has 0 radical (unpaired) electrons. The van der Waals surface area contributed by atoms with Gasteiger partial charge in [0.2, 0.25) is 17.7 Å². The van der Waals surface area contributed by atoms with Crippen molar-refractivity contribution in [2.75, 3.05) is 38.8 Å². The van der Waals surface area contributed by atoms with Crippen LogP contribution in [0.4, 0.5) is 5.69 Å². The third-order valence-corrected chi connectivity index (χ3v) is 6.25. The number of rotatable bonds is 6. The molecule has 1 N–H and O–H groups in total. The molecule has 3 fully saturated rings. The third-order valence-electron chi connectivity index (χ3n) is 6.25. The maximum Gasteiger partial charge on any atom is 0.227 e. The summed E-state index contributed by atoms with van der Waals surface area (Å²) in [6.45, 7) is 1.70. The molecule has 2 aliphatic heterocycles. The Morgan fingerprint density at radius 1 is 1.03 bits per heavy atom. The van der Waals surface area contributed by atoms with Gasteiger partial charge in [-0.05, 0) is 37.8 Å². The fourth-order valence-corrected chi connectivity index (χ4v) is 4.28. The summed E-state index contributed by atoms with van der Waals surface area (Å²) in [6.07, 6.45) is 3.72. The van der Waals surface area contributed by atoms with Gasteiger partial charge < -0.3 is 24.6 Å². The van der Waals surface area contributed by atoms with Crippen LogP contribution in [-0.4, -0.2) is 62.5 Å². The minimum atomic E-state index is -0.403. The fraction of sp³-hybridized carbons (Fsp3) is 0.591. The molecule has 8 nitrogen and oxygen atoms in total. The van der Waals surface area contributed by atoms with Crippen molar-refractivity contribution in [1.29, 1.82) is 0 Å². The molecule has 1 atom stereocenters. The average molecular weight is 415 g/mol. The zero-order valence-corrected chi connectivity index (χ0v) is 17.6. The number of likely N-dealkylation sites (tertiary alicyclic amines) is 1. The highest BCUT2D eigenvalue weighted by molar-refractivity contribution is 6.01. The summed E-state index contributed by atoms with van der Waals surface area (Å²) in [5.41, 5.74) is 0.615. The number of hydrogen-bond donors (Lipinski definition) is 1. The molecule has 3 aliphatic rings. The van der Waals surface area contributed by atoms with Crippen LogP contribution in [0.15, 0.2) is 18.2 Å². The second kappa shape index (κ2) is 8.53. The van der Waals surface area contributed by atoms with E-state index in [-0.39, 0.29) is 36.1 Å². The van der Waals surface area contributed by atoms with Gasteiger partial charge in [-0.3, -0.25) is 14.4 Å². The van der Waals surface area contributed by atoms with Crippen molar-refractivity contribution in [1.82, 2.24) is 10.2 Å². The predicted octanol–water partition coefficient (Wildman–Crippen LogP) is 1.57. The number of benzene rings is 1. The third kappa shape index (κ3) is 4.22. The van der Waals surface area contributed by atoms with Crippen molar-refractivity contribution in [3.63, 3.8) is 0 Å². The van der Waals surface area contributed by atoms with E-state index >= 15 is 0 Å². The Labute approximate surface area is 176 Å². The highest BCUT2D eigenvalue weighted by atomic mass is 16.5. The summed E-state index contributed by atoms with van der Waals surface area (Å²) in [4.78, 5) is 41.2. The van der Waals surface area contributed by atoms with Gasteiger partial charge in [0, 0.05) is 44.1 Å². The summed E-state index contributed by atoms with van der Waals surface area (Å²) in [5, 5.41) is 3.10. The maximum atomic E-state index is 12.8. The Morgan fingerprint density at radius 2 is 1.77 bits per heavy atom. The lowest BCUT2D eigenvalue weighted by Crippen LogP contribution is -2.48. The molecule has 1 aromatic rings. The molecule has 8 heteroatoms. The van der Waals surface area contributed by atoms with Gasteiger partial charge in [0.1, 0.15) is 11.5 Å². The normalized spacial score (nSPS) is 22.2. The molecule has 30 heavy (non-hydrogen) atoms. The minimum absolute atomic E-state index is 0.0521. The van der Waals surface area contributed by atoms with Crippen molar-refractivity contribution in [2.45, 2.75) is 38.1 Å². The Kier molecular flexibility index (Phi) is 5.83. The van der Waals surface area contributed by atoms with E-state index in [1.807, 2.05) is 4.90 Å². The van der Waals surface area contributed by atoms with Crippen LogP contribution in [0.1, 0.15) is 32.1 Å². The molecule has 4 rings (SSSR count). The molecule has 0 spiro atoms. The molecule has 0 aromatic heterocycles. The van der Waals surface area contributed by atoms with Gasteiger partial charge in [0.15, 0.2) is 0 Å². The fourth-order valence-electron chi connectivity index (χ4n) is 4.28. The van der Waals surface area contributed by atoms with Crippen molar-refractivity contribution in [3.8, 4) is 11.5 Å². The molecule has 3 amide bonds. The van der Waals surface area contributed by atoms with E-state index in [4.69, 9.17) is 9.47 Å². The average Bonchev–Trinajstić information content (AvgIpc) is 3.54. The number of carbonyl (C=O) groups excluding carboxylic acids is 3. The highest BCUT2D eigenvalue weighted by Gasteiger charge is 2.38. The summed E-state index contributed by atoms with van der Waals surface area (Å²) in [7, 11) is 3.12. The van der Waals surface area contributed by atoms with E-state index in [0.29, 0.717) is 36.8 Å². The smallest absolute Gasteiger partial charge is 0.227 e. The summed E-state index contributed by atoms with van der Waals surface area (Å²) < 4.78 is 10.7. The van der Waals surface area contributed by atoms with Crippen LogP contribution in [0.5, 0.6) is 11.5 Å². The zero-order valence-electron chi connectivity index (χ0n) is 17.6. The second-order valence-electron chi connectivity index (χ2n) is 8.33. The van der Waals surface area contributed by atoms with E-state index in [1.165, 1.54) is 0 Å². The van der Waals surface area contributed by atoms with Crippen LogP contribution in [0.2, 0.25) is 0 Å². The molecular weight excluding hydrogens is 386 g/mol. The van der Waals surface area contributed by atoms with Crippen LogP contribution < -0.4 is 19.7 Å². The Balaban J connectivity index is 1.34. The number of piperidine rings is 1. The molecule has 1 saturated carbocycles. The molecule has 0 bridgehead atoms. The SMILES string of the molecule is COc1ccc(OC)c(N2CC(C(=O)NC3CCN(C(=O)C4CC4)CC3)CC2=O)c1. The van der Waals surface area contributed by atoms with Gasteiger partial charge in [-0.2, -0.15) is 0 Å². The minimum Gasteiger partial charge on any atom is -0.497 e. The number of hydrogen-bond acceptors (Lipinski definition) is 5. The summed E-state index contributed by atoms with van der Waals surface area (Å²) in [6, 6.07) is 5.33. The number of carbonyl (C=O) groups is 3. The lowest BCUT2D eigenvalue weighted by Gasteiger charge is -2.33. The molecule has 1 aliphatic carbocycles. The quantitative estimate of drug-likeness (QED) is 0.762. The van der Waals surface area contributed by atoms with Crippen molar-refractivity contribution in [2.24, 2.45) is 11.8 Å². The van der Waals surface area contributed by atoms with Gasteiger partial charge in [0.05, 0.1) is 25.8 Å².